The number of nitrogens with one attached hydrogen (secondary N) is 2. The van der Waals surface area contributed by atoms with Crippen LogP contribution in [-0.2, 0) is 0 Å². The number of carbonyl (C=O) groups excluding carboxylic acids is 1. The highest BCUT2D eigenvalue weighted by molar-refractivity contribution is 5.95. The van der Waals surface area contributed by atoms with Crippen LogP contribution in [0, 0.1) is 19.8 Å². The zero-order chi connectivity index (χ0) is 18.8. The Morgan fingerprint density at radius 3 is 2.73 bits per heavy atom. The van der Waals surface area contributed by atoms with E-state index in [0.29, 0.717) is 23.7 Å². The van der Waals surface area contributed by atoms with Crippen LogP contribution in [0.15, 0.2) is 35.3 Å². The molecule has 136 valence electrons. The van der Waals surface area contributed by atoms with E-state index in [2.05, 4.69) is 34.3 Å². The predicted octanol–water partition coefficient (Wildman–Crippen LogP) is 2.55. The van der Waals surface area contributed by atoms with Gasteiger partial charge >= 0.3 is 0 Å². The number of aryl methyl sites for hydroxylation is 2. The average molecular weight is 353 g/mol. The molecule has 1 atom stereocenters. The van der Waals surface area contributed by atoms with Crippen LogP contribution in [0.3, 0.4) is 0 Å². The molecule has 0 saturated heterocycles. The van der Waals surface area contributed by atoms with Gasteiger partial charge in [-0.25, -0.2) is 0 Å². The van der Waals surface area contributed by atoms with E-state index >= 15 is 0 Å². The molecule has 0 saturated carbocycles. The summed E-state index contributed by atoms with van der Waals surface area (Å²) < 4.78 is 1.86. The molecule has 3 rings (SSSR count). The minimum absolute atomic E-state index is 0.137. The summed E-state index contributed by atoms with van der Waals surface area (Å²) in [5.41, 5.74) is 1.85. The van der Waals surface area contributed by atoms with Crippen LogP contribution in [0.5, 0.6) is 0 Å². The summed E-state index contributed by atoms with van der Waals surface area (Å²) in [5.74, 6) is 0.583. The number of aromatic nitrogens is 4. The Kier molecular flexibility index (Phi) is 4.88. The van der Waals surface area contributed by atoms with E-state index in [1.807, 2.05) is 28.8 Å². The molecule has 0 radical (unpaired) electrons. The van der Waals surface area contributed by atoms with Crippen LogP contribution < -0.4 is 10.9 Å². The molecular weight excluding hydrogens is 330 g/mol. The van der Waals surface area contributed by atoms with E-state index in [1.54, 1.807) is 19.9 Å². The number of hydrogen-bond donors (Lipinski definition) is 2. The summed E-state index contributed by atoms with van der Waals surface area (Å²) >= 11 is 0. The Bertz CT molecular complexity index is 1000. The molecule has 2 N–H and O–H groups in total. The number of carbonyl (C=O) groups is 1. The largest absolute Gasteiger partial charge is 0.342 e. The Labute approximate surface area is 151 Å². The fraction of sp³-hybridized carbons (Fsp3) is 0.368. The van der Waals surface area contributed by atoms with Crippen molar-refractivity contribution in [1.82, 2.24) is 24.9 Å². The monoisotopic (exact) mass is 353 g/mol. The topological polar surface area (TPSA) is 92.2 Å². The van der Waals surface area contributed by atoms with E-state index in [-0.39, 0.29) is 17.2 Å². The van der Waals surface area contributed by atoms with Gasteiger partial charge in [0, 0.05) is 11.9 Å². The maximum atomic E-state index is 12.8. The van der Waals surface area contributed by atoms with Gasteiger partial charge in [-0.2, -0.15) is 0 Å². The van der Waals surface area contributed by atoms with Crippen LogP contribution in [0.25, 0.3) is 5.65 Å². The zero-order valence-electron chi connectivity index (χ0n) is 15.4. The number of hydrogen-bond acceptors (Lipinski definition) is 4. The van der Waals surface area contributed by atoms with Gasteiger partial charge in [0.15, 0.2) is 11.5 Å². The van der Waals surface area contributed by atoms with Crippen molar-refractivity contribution in [2.24, 2.45) is 5.92 Å². The number of nitrogens with zero attached hydrogens (tertiary/aromatic N) is 3. The van der Waals surface area contributed by atoms with Crippen LogP contribution in [0.2, 0.25) is 0 Å². The molecule has 7 heteroatoms. The molecule has 0 fully saturated rings. The van der Waals surface area contributed by atoms with Crippen molar-refractivity contribution in [3.63, 3.8) is 0 Å². The third-order valence-corrected chi connectivity index (χ3v) is 4.26. The van der Waals surface area contributed by atoms with Crippen LogP contribution in [0.1, 0.15) is 53.7 Å². The van der Waals surface area contributed by atoms with Crippen molar-refractivity contribution in [3.8, 4) is 0 Å². The molecule has 0 aromatic carbocycles. The third-order valence-electron chi connectivity index (χ3n) is 4.26. The van der Waals surface area contributed by atoms with Gasteiger partial charge in [-0.3, -0.25) is 14.0 Å². The molecule has 0 aliphatic heterocycles. The van der Waals surface area contributed by atoms with Gasteiger partial charge in [-0.05, 0) is 49.9 Å². The molecule has 0 spiro atoms. The minimum Gasteiger partial charge on any atom is -0.342 e. The number of pyridine rings is 2. The van der Waals surface area contributed by atoms with Gasteiger partial charge in [0.2, 0.25) is 0 Å². The lowest BCUT2D eigenvalue weighted by Gasteiger charge is -2.19. The number of rotatable bonds is 5. The minimum atomic E-state index is -0.401. The Morgan fingerprint density at radius 1 is 1.27 bits per heavy atom. The average Bonchev–Trinajstić information content (AvgIpc) is 2.96. The third kappa shape index (κ3) is 3.51. The first-order chi connectivity index (χ1) is 12.4. The molecule has 3 aromatic heterocycles. The van der Waals surface area contributed by atoms with Crippen LogP contribution in [0.4, 0.5) is 0 Å². The lowest BCUT2D eigenvalue weighted by Crippen LogP contribution is -2.35. The second kappa shape index (κ2) is 7.11. The smallest absolute Gasteiger partial charge is 0.261 e. The van der Waals surface area contributed by atoms with Crippen molar-refractivity contribution in [1.29, 1.82) is 0 Å². The number of aromatic amines is 1. The van der Waals surface area contributed by atoms with E-state index in [4.69, 9.17) is 0 Å². The number of amides is 1. The fourth-order valence-electron chi connectivity index (χ4n) is 3.16. The molecule has 7 nitrogen and oxygen atoms in total. The predicted molar refractivity (Wildman–Crippen MR) is 99.2 cm³/mol. The summed E-state index contributed by atoms with van der Waals surface area (Å²) in [6.45, 7) is 7.71. The highest BCUT2D eigenvalue weighted by Crippen LogP contribution is 2.21. The Balaban J connectivity index is 1.97. The summed E-state index contributed by atoms with van der Waals surface area (Å²) in [5, 5.41) is 11.4. The summed E-state index contributed by atoms with van der Waals surface area (Å²) in [6, 6.07) is 7.09. The van der Waals surface area contributed by atoms with E-state index in [9.17, 15) is 9.59 Å². The van der Waals surface area contributed by atoms with Crippen molar-refractivity contribution in [3.05, 3.63) is 63.5 Å². The van der Waals surface area contributed by atoms with Gasteiger partial charge in [0.25, 0.3) is 11.5 Å². The molecule has 0 aliphatic rings. The van der Waals surface area contributed by atoms with Crippen LogP contribution in [-0.4, -0.2) is 25.5 Å². The maximum absolute atomic E-state index is 12.8. The van der Waals surface area contributed by atoms with Gasteiger partial charge < -0.3 is 10.3 Å². The fourth-order valence-corrected chi connectivity index (χ4v) is 3.16. The molecule has 3 heterocycles. The number of fused-ring (bicyclic) bond motifs is 1. The van der Waals surface area contributed by atoms with Crippen molar-refractivity contribution in [2.45, 2.75) is 40.2 Å². The lowest BCUT2D eigenvalue weighted by atomic mass is 10.0. The van der Waals surface area contributed by atoms with Gasteiger partial charge in [-0.15, -0.1) is 10.2 Å². The maximum Gasteiger partial charge on any atom is 0.261 e. The molecule has 3 aromatic rings. The van der Waals surface area contributed by atoms with Gasteiger partial charge in [0.1, 0.15) is 5.56 Å². The lowest BCUT2D eigenvalue weighted by molar-refractivity contribution is 0.0927. The first-order valence-electron chi connectivity index (χ1n) is 8.68. The summed E-state index contributed by atoms with van der Waals surface area (Å²) in [4.78, 5) is 27.8. The molecule has 1 unspecified atom stereocenters. The SMILES string of the molecule is Cc1cc(C)c(C(=O)NC(CC(C)C)c2nnc3ccccn23)c(=O)[nH]1. The number of H-pyrrole nitrogens is 1. The van der Waals surface area contributed by atoms with Crippen molar-refractivity contribution in [2.75, 3.05) is 0 Å². The van der Waals surface area contributed by atoms with Gasteiger partial charge in [0.05, 0.1) is 6.04 Å². The zero-order valence-corrected chi connectivity index (χ0v) is 15.4. The first-order valence-corrected chi connectivity index (χ1v) is 8.68. The molecule has 0 aliphatic carbocycles. The summed E-state index contributed by atoms with van der Waals surface area (Å²) in [6.07, 6.45) is 2.55. The standard InChI is InChI=1S/C19H23N5O2/c1-11(2)9-14(17-23-22-15-7-5-6-8-24(15)17)21-19(26)16-12(3)10-13(4)20-18(16)25/h5-8,10-11,14H,9H2,1-4H3,(H,20,25)(H,21,26). The second-order valence-electron chi connectivity index (χ2n) is 6.98. The van der Waals surface area contributed by atoms with Crippen molar-refractivity contribution >= 4 is 11.6 Å². The second-order valence-corrected chi connectivity index (χ2v) is 6.98. The molecule has 1 amide bonds. The normalized spacial score (nSPS) is 12.5. The highest BCUT2D eigenvalue weighted by atomic mass is 16.2. The van der Waals surface area contributed by atoms with Crippen LogP contribution >= 0.6 is 0 Å². The van der Waals surface area contributed by atoms with E-state index in [0.717, 1.165) is 11.3 Å². The Hall–Kier alpha value is -2.96. The van der Waals surface area contributed by atoms with E-state index < -0.39 is 5.91 Å². The van der Waals surface area contributed by atoms with Crippen molar-refractivity contribution < 1.29 is 4.79 Å². The highest BCUT2D eigenvalue weighted by Gasteiger charge is 2.24. The summed E-state index contributed by atoms with van der Waals surface area (Å²) in [7, 11) is 0. The molecule has 26 heavy (non-hydrogen) atoms. The first kappa shape index (κ1) is 17.8. The van der Waals surface area contributed by atoms with E-state index in [1.165, 1.54) is 0 Å². The van der Waals surface area contributed by atoms with Gasteiger partial charge in [-0.1, -0.05) is 19.9 Å². The Morgan fingerprint density at radius 2 is 2.04 bits per heavy atom. The quantitative estimate of drug-likeness (QED) is 0.737. The molecule has 0 bridgehead atoms. The molecular formula is C19H23N5O2.